The van der Waals surface area contributed by atoms with Crippen LogP contribution in [0.5, 0.6) is 0 Å². The molecule has 1 aliphatic heterocycles. The van der Waals surface area contributed by atoms with E-state index in [-0.39, 0.29) is 16.8 Å². The molecule has 0 radical (unpaired) electrons. The van der Waals surface area contributed by atoms with Crippen LogP contribution in [0, 0.1) is 11.7 Å². The van der Waals surface area contributed by atoms with Crippen LogP contribution in [0.2, 0.25) is 5.02 Å². The molecule has 2 heterocycles. The van der Waals surface area contributed by atoms with E-state index in [1.807, 2.05) is 12.1 Å². The monoisotopic (exact) mass is 333 g/mol. The molecule has 0 bridgehead atoms. The van der Waals surface area contributed by atoms with Crippen LogP contribution in [0.4, 0.5) is 15.8 Å². The molecule has 0 spiro atoms. The van der Waals surface area contributed by atoms with Gasteiger partial charge in [0.1, 0.15) is 5.82 Å². The molecule has 1 fully saturated rings. The molecular weight excluding hydrogens is 317 g/mol. The van der Waals surface area contributed by atoms with Gasteiger partial charge < -0.3 is 10.2 Å². The number of anilines is 2. The van der Waals surface area contributed by atoms with Crippen LogP contribution in [0.3, 0.4) is 0 Å². The van der Waals surface area contributed by atoms with Crippen LogP contribution in [-0.4, -0.2) is 24.0 Å². The first-order chi connectivity index (χ1) is 11.1. The van der Waals surface area contributed by atoms with E-state index in [0.717, 1.165) is 31.6 Å². The number of pyridine rings is 1. The Kier molecular flexibility index (Phi) is 4.76. The quantitative estimate of drug-likeness (QED) is 0.931. The fourth-order valence-electron chi connectivity index (χ4n) is 2.78. The van der Waals surface area contributed by atoms with Gasteiger partial charge >= 0.3 is 0 Å². The maximum Gasteiger partial charge on any atom is 0.227 e. The Labute approximate surface area is 139 Å². The lowest BCUT2D eigenvalue weighted by Crippen LogP contribution is -2.38. The van der Waals surface area contributed by atoms with Crippen LogP contribution in [-0.2, 0) is 4.79 Å². The highest BCUT2D eigenvalue weighted by Gasteiger charge is 2.25. The number of halogens is 2. The van der Waals surface area contributed by atoms with Gasteiger partial charge in [-0.1, -0.05) is 11.6 Å². The lowest BCUT2D eigenvalue weighted by atomic mass is 9.95. The number of benzene rings is 1. The van der Waals surface area contributed by atoms with Gasteiger partial charge in [0.05, 0.1) is 10.7 Å². The zero-order valence-electron chi connectivity index (χ0n) is 12.5. The molecular formula is C17H17ClFN3O. The number of amides is 1. The molecule has 1 N–H and O–H groups in total. The third-order valence-corrected chi connectivity index (χ3v) is 4.40. The summed E-state index contributed by atoms with van der Waals surface area (Å²) in [5.41, 5.74) is 1.58. The first-order valence-corrected chi connectivity index (χ1v) is 7.92. The highest BCUT2D eigenvalue weighted by molar-refractivity contribution is 6.33. The number of hydrogen-bond donors (Lipinski definition) is 1. The Morgan fingerprint density at radius 1 is 1.22 bits per heavy atom. The van der Waals surface area contributed by atoms with Crippen molar-refractivity contribution in [1.29, 1.82) is 0 Å². The number of carbonyl (C=O) groups is 1. The molecule has 23 heavy (non-hydrogen) atoms. The van der Waals surface area contributed by atoms with Gasteiger partial charge in [0.2, 0.25) is 5.91 Å². The van der Waals surface area contributed by atoms with E-state index in [2.05, 4.69) is 15.2 Å². The summed E-state index contributed by atoms with van der Waals surface area (Å²) >= 11 is 5.95. The molecule has 4 nitrogen and oxygen atoms in total. The van der Waals surface area contributed by atoms with E-state index in [4.69, 9.17) is 11.6 Å². The van der Waals surface area contributed by atoms with Crippen molar-refractivity contribution in [2.45, 2.75) is 12.8 Å². The van der Waals surface area contributed by atoms with E-state index in [1.54, 1.807) is 12.4 Å². The predicted molar refractivity (Wildman–Crippen MR) is 89.2 cm³/mol. The molecule has 0 saturated carbocycles. The molecule has 1 amide bonds. The van der Waals surface area contributed by atoms with Crippen LogP contribution >= 0.6 is 11.6 Å². The summed E-state index contributed by atoms with van der Waals surface area (Å²) in [5.74, 6) is -0.541. The minimum absolute atomic E-state index is 0.0609. The first kappa shape index (κ1) is 15.7. The van der Waals surface area contributed by atoms with Gasteiger partial charge in [-0.2, -0.15) is 0 Å². The maximum absolute atomic E-state index is 13.0. The van der Waals surface area contributed by atoms with E-state index in [0.29, 0.717) is 5.69 Å². The van der Waals surface area contributed by atoms with Gasteiger partial charge in [0, 0.05) is 37.1 Å². The maximum atomic E-state index is 13.0. The second kappa shape index (κ2) is 6.96. The van der Waals surface area contributed by atoms with Crippen molar-refractivity contribution in [1.82, 2.24) is 4.98 Å². The first-order valence-electron chi connectivity index (χ1n) is 7.54. The summed E-state index contributed by atoms with van der Waals surface area (Å²) in [6, 6.07) is 7.91. The number of aromatic nitrogens is 1. The minimum Gasteiger partial charge on any atom is -0.371 e. The average Bonchev–Trinajstić information content (AvgIpc) is 2.58. The summed E-state index contributed by atoms with van der Waals surface area (Å²) in [4.78, 5) is 18.6. The topological polar surface area (TPSA) is 45.2 Å². The van der Waals surface area contributed by atoms with Crippen molar-refractivity contribution < 1.29 is 9.18 Å². The highest BCUT2D eigenvalue weighted by atomic mass is 35.5. The van der Waals surface area contributed by atoms with E-state index in [1.165, 1.54) is 18.2 Å². The number of hydrogen-bond acceptors (Lipinski definition) is 3. The summed E-state index contributed by atoms with van der Waals surface area (Å²) in [5, 5.41) is 3.01. The van der Waals surface area contributed by atoms with Crippen molar-refractivity contribution in [3.8, 4) is 0 Å². The average molecular weight is 334 g/mol. The smallest absolute Gasteiger partial charge is 0.227 e. The highest BCUT2D eigenvalue weighted by Crippen LogP contribution is 2.26. The van der Waals surface area contributed by atoms with Crippen molar-refractivity contribution in [2.75, 3.05) is 23.3 Å². The molecule has 2 aromatic rings. The van der Waals surface area contributed by atoms with Gasteiger partial charge in [-0.25, -0.2) is 4.39 Å². The Balaban J connectivity index is 1.58. The standard InChI is InChI=1S/C17H17ClFN3O/c18-15-11-13(19)1-2-16(15)21-17(23)12-5-9-22(10-6-12)14-3-7-20-8-4-14/h1-4,7-8,11-12H,5-6,9-10H2,(H,21,23). The number of nitrogens with zero attached hydrogens (tertiary/aromatic N) is 2. The van der Waals surface area contributed by atoms with Crippen molar-refractivity contribution in [2.24, 2.45) is 5.92 Å². The molecule has 1 aromatic carbocycles. The van der Waals surface area contributed by atoms with Crippen LogP contribution in [0.1, 0.15) is 12.8 Å². The zero-order chi connectivity index (χ0) is 16.2. The normalized spacial score (nSPS) is 15.5. The fraction of sp³-hybridized carbons (Fsp3) is 0.294. The summed E-state index contributed by atoms with van der Waals surface area (Å²) < 4.78 is 13.0. The largest absolute Gasteiger partial charge is 0.371 e. The van der Waals surface area contributed by atoms with Gasteiger partial charge in [-0.05, 0) is 43.2 Å². The Morgan fingerprint density at radius 3 is 2.57 bits per heavy atom. The van der Waals surface area contributed by atoms with Crippen LogP contribution in [0.25, 0.3) is 0 Å². The molecule has 1 saturated heterocycles. The van der Waals surface area contributed by atoms with Gasteiger partial charge in [0.15, 0.2) is 0 Å². The lowest BCUT2D eigenvalue weighted by Gasteiger charge is -2.32. The zero-order valence-corrected chi connectivity index (χ0v) is 13.3. The van der Waals surface area contributed by atoms with Crippen LogP contribution in [0.15, 0.2) is 42.7 Å². The lowest BCUT2D eigenvalue weighted by molar-refractivity contribution is -0.120. The molecule has 6 heteroatoms. The molecule has 120 valence electrons. The predicted octanol–water partition coefficient (Wildman–Crippen LogP) is 3.73. The number of piperidine rings is 1. The SMILES string of the molecule is O=C(Nc1ccc(F)cc1Cl)C1CCN(c2ccncc2)CC1. The molecule has 3 rings (SSSR count). The molecule has 0 unspecified atom stereocenters. The van der Waals surface area contributed by atoms with E-state index >= 15 is 0 Å². The van der Waals surface area contributed by atoms with E-state index in [9.17, 15) is 9.18 Å². The third kappa shape index (κ3) is 3.79. The van der Waals surface area contributed by atoms with Crippen LogP contribution < -0.4 is 10.2 Å². The Morgan fingerprint density at radius 2 is 1.91 bits per heavy atom. The Hall–Kier alpha value is -2.14. The fourth-order valence-corrected chi connectivity index (χ4v) is 2.99. The Bertz CT molecular complexity index is 687. The summed E-state index contributed by atoms with van der Waals surface area (Å²) in [6.07, 6.45) is 5.08. The molecule has 1 aromatic heterocycles. The van der Waals surface area contributed by atoms with Gasteiger partial charge in [-0.3, -0.25) is 9.78 Å². The molecule has 0 atom stereocenters. The van der Waals surface area contributed by atoms with Crippen molar-refractivity contribution >= 4 is 28.9 Å². The van der Waals surface area contributed by atoms with Crippen molar-refractivity contribution in [3.05, 3.63) is 53.6 Å². The number of nitrogens with one attached hydrogen (secondary N) is 1. The second-order valence-electron chi connectivity index (χ2n) is 5.58. The number of rotatable bonds is 3. The minimum atomic E-state index is -0.418. The van der Waals surface area contributed by atoms with Gasteiger partial charge in [-0.15, -0.1) is 0 Å². The van der Waals surface area contributed by atoms with Crippen molar-refractivity contribution in [3.63, 3.8) is 0 Å². The summed E-state index contributed by atoms with van der Waals surface area (Å²) in [6.45, 7) is 1.64. The second-order valence-corrected chi connectivity index (χ2v) is 5.99. The van der Waals surface area contributed by atoms with Gasteiger partial charge in [0.25, 0.3) is 0 Å². The molecule has 1 aliphatic rings. The molecule has 0 aliphatic carbocycles. The van der Waals surface area contributed by atoms with E-state index < -0.39 is 5.82 Å². The summed E-state index contributed by atoms with van der Waals surface area (Å²) in [7, 11) is 0. The number of carbonyl (C=O) groups excluding carboxylic acids is 1. The third-order valence-electron chi connectivity index (χ3n) is 4.08.